The first kappa shape index (κ1) is 26.1. The number of nitrogens with one attached hydrogen (secondary N) is 1. The Hall–Kier alpha value is -2.14. The van der Waals surface area contributed by atoms with E-state index in [9.17, 15) is 22.8 Å². The molecule has 1 aromatic heterocycles. The number of amides is 2. The molecule has 0 bridgehead atoms. The zero-order valence-corrected chi connectivity index (χ0v) is 18.7. The maximum absolute atomic E-state index is 12.5. The fraction of sp³-hybridized carbons (Fsp3) is 0.667. The minimum Gasteiger partial charge on any atom is -0.475 e. The van der Waals surface area contributed by atoms with Crippen molar-refractivity contribution in [1.29, 1.82) is 0 Å². The number of alkyl halides is 3. The van der Waals surface area contributed by atoms with Gasteiger partial charge in [-0.2, -0.15) is 24.5 Å². The summed E-state index contributed by atoms with van der Waals surface area (Å²) in [6.07, 6.45) is 2.30. The van der Waals surface area contributed by atoms with E-state index in [1.165, 1.54) is 32.1 Å². The Morgan fingerprint density at radius 3 is 2.34 bits per heavy atom. The minimum absolute atomic E-state index is 0.116. The van der Waals surface area contributed by atoms with Crippen LogP contribution in [0.25, 0.3) is 0 Å². The molecule has 0 aromatic carbocycles. The summed E-state index contributed by atoms with van der Waals surface area (Å²) in [6, 6.07) is 1.88. The third-order valence-corrected chi connectivity index (χ3v) is 6.25. The zero-order valence-electron chi connectivity index (χ0n) is 17.9. The number of carboxylic acids is 1. The molecule has 0 unspecified atom stereocenters. The molecule has 2 aliphatic rings. The van der Waals surface area contributed by atoms with Gasteiger partial charge >= 0.3 is 12.1 Å². The SMILES string of the molecule is O=C(CN1CCCN(C(=O)c2ccsc2)CC1)NCC1CCCCC1.O=C(O)C(F)(F)F. The van der Waals surface area contributed by atoms with E-state index in [4.69, 9.17) is 9.90 Å². The van der Waals surface area contributed by atoms with Gasteiger partial charge < -0.3 is 15.3 Å². The van der Waals surface area contributed by atoms with Crippen molar-refractivity contribution >= 4 is 29.1 Å². The molecule has 1 aromatic rings. The third kappa shape index (κ3) is 9.15. The van der Waals surface area contributed by atoms with Crippen LogP contribution in [0.3, 0.4) is 0 Å². The van der Waals surface area contributed by atoms with Crippen molar-refractivity contribution in [1.82, 2.24) is 15.1 Å². The van der Waals surface area contributed by atoms with Crippen molar-refractivity contribution in [2.75, 3.05) is 39.3 Å². The van der Waals surface area contributed by atoms with Crippen LogP contribution >= 0.6 is 11.3 Å². The predicted molar refractivity (Wildman–Crippen MR) is 115 cm³/mol. The topological polar surface area (TPSA) is 90.0 Å². The van der Waals surface area contributed by atoms with Gasteiger partial charge in [0, 0.05) is 38.1 Å². The average molecular weight is 478 g/mol. The molecule has 2 N–H and O–H groups in total. The lowest BCUT2D eigenvalue weighted by molar-refractivity contribution is -0.192. The van der Waals surface area contributed by atoms with Crippen LogP contribution in [0.2, 0.25) is 0 Å². The molecule has 1 aliphatic heterocycles. The number of nitrogens with zero attached hydrogens (tertiary/aromatic N) is 2. The number of carbonyl (C=O) groups is 3. The van der Waals surface area contributed by atoms with Gasteiger partial charge in [0.15, 0.2) is 0 Å². The summed E-state index contributed by atoms with van der Waals surface area (Å²) >= 11 is 1.55. The maximum Gasteiger partial charge on any atom is 0.490 e. The summed E-state index contributed by atoms with van der Waals surface area (Å²) in [5, 5.41) is 14.1. The number of carboxylic acid groups (broad SMARTS) is 1. The van der Waals surface area contributed by atoms with E-state index in [1.54, 1.807) is 11.3 Å². The summed E-state index contributed by atoms with van der Waals surface area (Å²) in [4.78, 5) is 37.7. The molecule has 1 saturated heterocycles. The van der Waals surface area contributed by atoms with E-state index in [0.717, 1.165) is 38.2 Å². The molecular weight excluding hydrogens is 447 g/mol. The van der Waals surface area contributed by atoms with Crippen molar-refractivity contribution in [2.45, 2.75) is 44.7 Å². The van der Waals surface area contributed by atoms with Gasteiger partial charge in [-0.15, -0.1) is 0 Å². The predicted octanol–water partition coefficient (Wildman–Crippen LogP) is 3.23. The Labute approximate surface area is 189 Å². The molecule has 32 heavy (non-hydrogen) atoms. The highest BCUT2D eigenvalue weighted by atomic mass is 32.1. The number of hydrogen-bond acceptors (Lipinski definition) is 5. The van der Waals surface area contributed by atoms with Gasteiger partial charge in [-0.3, -0.25) is 14.5 Å². The minimum atomic E-state index is -5.08. The molecule has 0 spiro atoms. The van der Waals surface area contributed by atoms with Gasteiger partial charge in [0.1, 0.15) is 0 Å². The smallest absolute Gasteiger partial charge is 0.475 e. The summed E-state index contributed by atoms with van der Waals surface area (Å²) in [6.45, 7) is 4.40. The van der Waals surface area contributed by atoms with Gasteiger partial charge in [0.2, 0.25) is 5.91 Å². The Morgan fingerprint density at radius 1 is 1.06 bits per heavy atom. The number of carbonyl (C=O) groups excluding carboxylic acids is 2. The van der Waals surface area contributed by atoms with E-state index in [2.05, 4.69) is 10.2 Å². The average Bonchev–Trinajstić information content (AvgIpc) is 3.19. The normalized spacial score (nSPS) is 18.3. The highest BCUT2D eigenvalue weighted by molar-refractivity contribution is 7.08. The van der Waals surface area contributed by atoms with Crippen LogP contribution in [0, 0.1) is 5.92 Å². The first-order chi connectivity index (χ1) is 15.2. The van der Waals surface area contributed by atoms with Crippen molar-refractivity contribution in [2.24, 2.45) is 5.92 Å². The molecular formula is C21H30F3N3O4S. The molecule has 0 atom stereocenters. The van der Waals surface area contributed by atoms with E-state index >= 15 is 0 Å². The van der Waals surface area contributed by atoms with Crippen LogP contribution in [-0.4, -0.2) is 78.1 Å². The van der Waals surface area contributed by atoms with Gasteiger partial charge in [-0.05, 0) is 36.6 Å². The number of rotatable bonds is 5. The second kappa shape index (κ2) is 12.8. The molecule has 1 aliphatic carbocycles. The van der Waals surface area contributed by atoms with Gasteiger partial charge in [0.25, 0.3) is 5.91 Å². The van der Waals surface area contributed by atoms with Gasteiger partial charge in [-0.1, -0.05) is 19.3 Å². The van der Waals surface area contributed by atoms with E-state index in [1.807, 2.05) is 21.7 Å². The number of halogens is 3. The maximum atomic E-state index is 12.5. The van der Waals surface area contributed by atoms with Crippen molar-refractivity contribution in [3.8, 4) is 0 Å². The van der Waals surface area contributed by atoms with Gasteiger partial charge in [0.05, 0.1) is 12.1 Å². The number of thiophene rings is 1. The van der Waals surface area contributed by atoms with E-state index < -0.39 is 12.1 Å². The standard InChI is InChI=1S/C19H29N3O2S.C2HF3O2/c23-18(20-13-16-5-2-1-3-6-16)14-21-8-4-9-22(11-10-21)19(24)17-7-12-25-15-17;3-2(4,5)1(6)7/h7,12,15-16H,1-6,8-11,13-14H2,(H,20,23);(H,6,7). The molecule has 1 saturated carbocycles. The number of hydrogen-bond donors (Lipinski definition) is 2. The Balaban J connectivity index is 0.000000451. The van der Waals surface area contributed by atoms with Crippen LogP contribution < -0.4 is 5.32 Å². The lowest BCUT2D eigenvalue weighted by atomic mass is 9.89. The lowest BCUT2D eigenvalue weighted by Crippen LogP contribution is -2.41. The summed E-state index contributed by atoms with van der Waals surface area (Å²) < 4.78 is 31.7. The Morgan fingerprint density at radius 2 is 1.75 bits per heavy atom. The first-order valence-electron chi connectivity index (χ1n) is 10.8. The first-order valence-corrected chi connectivity index (χ1v) is 11.7. The second-order valence-corrected chi connectivity index (χ2v) is 8.82. The molecule has 180 valence electrons. The fourth-order valence-corrected chi connectivity index (χ4v) is 4.44. The van der Waals surface area contributed by atoms with Crippen LogP contribution in [0.1, 0.15) is 48.9 Å². The van der Waals surface area contributed by atoms with E-state index in [0.29, 0.717) is 19.0 Å². The van der Waals surface area contributed by atoms with Crippen LogP contribution in [-0.2, 0) is 9.59 Å². The lowest BCUT2D eigenvalue weighted by Gasteiger charge is -2.24. The summed E-state index contributed by atoms with van der Waals surface area (Å²) in [7, 11) is 0. The summed E-state index contributed by atoms with van der Waals surface area (Å²) in [5.74, 6) is -1.85. The van der Waals surface area contributed by atoms with Crippen LogP contribution in [0.4, 0.5) is 13.2 Å². The van der Waals surface area contributed by atoms with Crippen molar-refractivity contribution in [3.05, 3.63) is 22.4 Å². The molecule has 2 amide bonds. The zero-order chi connectivity index (χ0) is 23.6. The highest BCUT2D eigenvalue weighted by Gasteiger charge is 2.38. The van der Waals surface area contributed by atoms with Crippen molar-refractivity contribution < 1.29 is 32.7 Å². The molecule has 3 rings (SSSR count). The van der Waals surface area contributed by atoms with E-state index in [-0.39, 0.29) is 11.8 Å². The largest absolute Gasteiger partial charge is 0.490 e. The molecule has 2 heterocycles. The molecule has 0 radical (unpaired) electrons. The third-order valence-electron chi connectivity index (χ3n) is 5.57. The molecule has 7 nitrogen and oxygen atoms in total. The fourth-order valence-electron chi connectivity index (χ4n) is 3.81. The number of aliphatic carboxylic acids is 1. The quantitative estimate of drug-likeness (QED) is 0.680. The van der Waals surface area contributed by atoms with Crippen LogP contribution in [0.5, 0.6) is 0 Å². The highest BCUT2D eigenvalue weighted by Crippen LogP contribution is 2.22. The van der Waals surface area contributed by atoms with Gasteiger partial charge in [-0.25, -0.2) is 4.79 Å². The monoisotopic (exact) mass is 477 g/mol. The van der Waals surface area contributed by atoms with Crippen LogP contribution in [0.15, 0.2) is 16.8 Å². The Kier molecular flexibility index (Phi) is 10.4. The summed E-state index contributed by atoms with van der Waals surface area (Å²) in [5.41, 5.74) is 0.781. The van der Waals surface area contributed by atoms with Crippen molar-refractivity contribution in [3.63, 3.8) is 0 Å². The second-order valence-electron chi connectivity index (χ2n) is 8.04. The molecule has 2 fully saturated rings. The Bertz CT molecular complexity index is 737. The molecule has 11 heteroatoms.